The van der Waals surface area contributed by atoms with Crippen LogP contribution < -0.4 is 0 Å². The van der Waals surface area contributed by atoms with Gasteiger partial charge in [0, 0.05) is 23.0 Å². The third-order valence-electron chi connectivity index (χ3n) is 5.47. The summed E-state index contributed by atoms with van der Waals surface area (Å²) in [6, 6.07) is 0. The highest BCUT2D eigenvalue weighted by molar-refractivity contribution is 5.54. The lowest BCUT2D eigenvalue weighted by Crippen LogP contribution is -2.29. The molecule has 20 heavy (non-hydrogen) atoms. The summed E-state index contributed by atoms with van der Waals surface area (Å²) < 4.78 is 78.7. The molecule has 4 aliphatic rings. The molecule has 0 nitrogen and oxygen atoms in total. The molecular formula is C14H12F6. The van der Waals surface area contributed by atoms with E-state index in [1.54, 1.807) is 0 Å². The van der Waals surface area contributed by atoms with Crippen LogP contribution in [0.2, 0.25) is 0 Å². The van der Waals surface area contributed by atoms with Crippen molar-refractivity contribution in [3.8, 4) is 0 Å². The van der Waals surface area contributed by atoms with Gasteiger partial charge in [0.1, 0.15) is 0 Å². The maximum atomic E-state index is 13.1. The number of rotatable bonds is 0. The molecule has 0 aromatic carbocycles. The maximum absolute atomic E-state index is 13.1. The number of alkyl halides is 6. The van der Waals surface area contributed by atoms with E-state index in [1.165, 1.54) is 0 Å². The highest BCUT2D eigenvalue weighted by Crippen LogP contribution is 2.68. The molecule has 1 fully saturated rings. The van der Waals surface area contributed by atoms with E-state index in [9.17, 15) is 26.3 Å². The predicted octanol–water partition coefficient (Wildman–Crippen LogP) is 4.78. The van der Waals surface area contributed by atoms with E-state index in [4.69, 9.17) is 0 Å². The summed E-state index contributed by atoms with van der Waals surface area (Å²) in [5.74, 6) is -1.81. The molecule has 0 aromatic rings. The molecular weight excluding hydrogens is 282 g/mol. The summed E-state index contributed by atoms with van der Waals surface area (Å²) in [6.45, 7) is 0. The largest absolute Gasteiger partial charge is 0.413 e. The molecule has 6 heteroatoms. The number of hydrogen-bond acceptors (Lipinski definition) is 0. The Morgan fingerprint density at radius 2 is 1.05 bits per heavy atom. The third-order valence-corrected chi connectivity index (χ3v) is 5.47. The lowest BCUT2D eigenvalue weighted by molar-refractivity contribution is -0.119. The first kappa shape index (κ1) is 12.8. The highest BCUT2D eigenvalue weighted by Gasteiger charge is 2.63. The van der Waals surface area contributed by atoms with Crippen LogP contribution in [0.25, 0.3) is 0 Å². The molecule has 1 saturated carbocycles. The van der Waals surface area contributed by atoms with Gasteiger partial charge in [-0.2, -0.15) is 26.3 Å². The average molecular weight is 294 g/mol. The Hall–Kier alpha value is -0.940. The molecule has 4 aliphatic carbocycles. The van der Waals surface area contributed by atoms with E-state index in [2.05, 4.69) is 0 Å². The Morgan fingerprint density at radius 3 is 1.40 bits per heavy atom. The summed E-state index contributed by atoms with van der Waals surface area (Å²) in [6.07, 6.45) is -7.27. The van der Waals surface area contributed by atoms with Crippen molar-refractivity contribution in [1.82, 2.24) is 0 Å². The number of hydrogen-bond donors (Lipinski definition) is 0. The summed E-state index contributed by atoms with van der Waals surface area (Å²) in [5, 5.41) is 0. The maximum Gasteiger partial charge on any atom is 0.413 e. The fraction of sp³-hybridized carbons (Fsp3) is 0.714. The van der Waals surface area contributed by atoms with Crippen molar-refractivity contribution < 1.29 is 26.3 Å². The monoisotopic (exact) mass is 294 g/mol. The van der Waals surface area contributed by atoms with Crippen molar-refractivity contribution in [2.45, 2.75) is 38.0 Å². The van der Waals surface area contributed by atoms with Gasteiger partial charge in [0.05, 0.1) is 0 Å². The first-order chi connectivity index (χ1) is 9.19. The molecule has 0 spiro atoms. The Morgan fingerprint density at radius 1 is 0.650 bits per heavy atom. The van der Waals surface area contributed by atoms with Crippen molar-refractivity contribution >= 4 is 0 Å². The smallest absolute Gasteiger partial charge is 0.166 e. The molecule has 110 valence electrons. The quantitative estimate of drug-likeness (QED) is 0.342. The first-order valence-electron chi connectivity index (χ1n) is 6.82. The minimum atomic E-state index is -4.87. The fourth-order valence-electron chi connectivity index (χ4n) is 5.10. The lowest BCUT2D eigenvalue weighted by atomic mass is 9.78. The number of fused-ring (bicyclic) bond motifs is 8. The Bertz CT molecular complexity index is 501. The molecule has 4 atom stereocenters. The second-order valence-electron chi connectivity index (χ2n) is 6.28. The second-order valence-corrected chi connectivity index (χ2v) is 6.28. The van der Waals surface area contributed by atoms with Gasteiger partial charge in [0.15, 0.2) is 0 Å². The van der Waals surface area contributed by atoms with Gasteiger partial charge in [0.25, 0.3) is 0 Å². The van der Waals surface area contributed by atoms with Gasteiger partial charge < -0.3 is 0 Å². The van der Waals surface area contributed by atoms with Crippen LogP contribution in [-0.4, -0.2) is 12.4 Å². The Labute approximate surface area is 111 Å². The van der Waals surface area contributed by atoms with Crippen LogP contribution in [0.15, 0.2) is 22.3 Å². The van der Waals surface area contributed by atoms with Crippen molar-refractivity contribution in [1.29, 1.82) is 0 Å². The van der Waals surface area contributed by atoms with Crippen LogP contribution in [-0.2, 0) is 0 Å². The minimum Gasteiger partial charge on any atom is -0.166 e. The van der Waals surface area contributed by atoms with E-state index < -0.39 is 35.3 Å². The Kier molecular flexibility index (Phi) is 2.20. The summed E-state index contributed by atoms with van der Waals surface area (Å²) in [7, 11) is 0. The average Bonchev–Trinajstić information content (AvgIpc) is 3.03. The molecule has 0 amide bonds. The van der Waals surface area contributed by atoms with E-state index in [1.807, 2.05) is 0 Å². The van der Waals surface area contributed by atoms with Gasteiger partial charge in [-0.15, -0.1) is 0 Å². The molecule has 0 N–H and O–H groups in total. The van der Waals surface area contributed by atoms with E-state index in [-0.39, 0.29) is 18.3 Å². The van der Waals surface area contributed by atoms with Crippen LogP contribution in [0.5, 0.6) is 0 Å². The van der Waals surface area contributed by atoms with E-state index in [0.29, 0.717) is 0 Å². The van der Waals surface area contributed by atoms with Crippen molar-refractivity contribution in [2.75, 3.05) is 0 Å². The molecule has 0 aromatic heterocycles. The molecule has 4 rings (SSSR count). The fourth-order valence-corrected chi connectivity index (χ4v) is 5.10. The zero-order valence-corrected chi connectivity index (χ0v) is 10.4. The predicted molar refractivity (Wildman–Crippen MR) is 58.6 cm³/mol. The number of halogens is 6. The van der Waals surface area contributed by atoms with E-state index >= 15 is 0 Å². The zero-order valence-electron chi connectivity index (χ0n) is 10.4. The number of allylic oxidation sites excluding steroid dienone is 4. The summed E-state index contributed by atoms with van der Waals surface area (Å²) in [4.78, 5) is 0. The Balaban J connectivity index is 1.87. The molecule has 0 saturated heterocycles. The van der Waals surface area contributed by atoms with Crippen LogP contribution in [0.4, 0.5) is 26.3 Å². The van der Waals surface area contributed by atoms with E-state index in [0.717, 1.165) is 30.4 Å². The molecule has 0 radical (unpaired) electrons. The van der Waals surface area contributed by atoms with Crippen LogP contribution in [0.1, 0.15) is 25.7 Å². The second kappa shape index (κ2) is 3.45. The van der Waals surface area contributed by atoms with Crippen molar-refractivity contribution in [2.24, 2.45) is 23.7 Å². The lowest BCUT2D eigenvalue weighted by Gasteiger charge is -2.30. The van der Waals surface area contributed by atoms with Crippen molar-refractivity contribution in [3.05, 3.63) is 22.3 Å². The normalized spacial score (nSPS) is 39.3. The summed E-state index contributed by atoms with van der Waals surface area (Å²) >= 11 is 0. The van der Waals surface area contributed by atoms with Crippen LogP contribution in [0.3, 0.4) is 0 Å². The first-order valence-corrected chi connectivity index (χ1v) is 6.82. The molecule has 0 heterocycles. The van der Waals surface area contributed by atoms with Gasteiger partial charge in [-0.1, -0.05) is 11.1 Å². The molecule has 0 unspecified atom stereocenters. The molecule has 4 bridgehead atoms. The van der Waals surface area contributed by atoms with Gasteiger partial charge in [-0.3, -0.25) is 0 Å². The van der Waals surface area contributed by atoms with Gasteiger partial charge in [-0.25, -0.2) is 0 Å². The topological polar surface area (TPSA) is 0 Å². The van der Waals surface area contributed by atoms with Crippen LogP contribution in [0, 0.1) is 23.7 Å². The summed E-state index contributed by atoms with van der Waals surface area (Å²) in [5.41, 5.74) is -1.12. The van der Waals surface area contributed by atoms with Gasteiger partial charge in [0.2, 0.25) is 0 Å². The third kappa shape index (κ3) is 1.40. The SMILES string of the molecule is FC(F)(F)C1=C(C(F)(F)F)[C@H]2C[C@H]1C1=C2[C@H]2CC[C@H]1C2. The van der Waals surface area contributed by atoms with Crippen LogP contribution >= 0.6 is 0 Å². The minimum absolute atomic E-state index is 0.00134. The highest BCUT2D eigenvalue weighted by atomic mass is 19.4. The zero-order chi connectivity index (χ0) is 14.4. The van der Waals surface area contributed by atoms with Gasteiger partial charge >= 0.3 is 12.4 Å². The molecule has 0 aliphatic heterocycles. The standard InChI is InChI=1S/C14H12F6/c15-13(16,17)11-7-4-8(12(11)14(18,19)20)10-6-2-1-5(3-6)9(7)10/h5-8H,1-4H2/t5-,6-,7-,8-/m0/s1. The van der Waals surface area contributed by atoms with Crippen molar-refractivity contribution in [3.63, 3.8) is 0 Å². The van der Waals surface area contributed by atoms with Gasteiger partial charge in [-0.05, 0) is 37.5 Å².